The molecule has 1 aromatic rings. The molecule has 4 unspecified atom stereocenters. The number of fused-ring (bicyclic) bond motifs is 1. The van der Waals surface area contributed by atoms with Crippen LogP contribution in [0, 0.1) is 34.4 Å². The molecule has 2 aliphatic carbocycles. The highest BCUT2D eigenvalue weighted by Crippen LogP contribution is 2.45. The van der Waals surface area contributed by atoms with Gasteiger partial charge in [-0.2, -0.15) is 17.2 Å². The highest BCUT2D eigenvalue weighted by atomic mass is 127. The van der Waals surface area contributed by atoms with E-state index >= 15 is 0 Å². The topological polar surface area (TPSA) is 107 Å². The molecule has 2 saturated carbocycles. The third kappa shape index (κ3) is 6.87. The Hall–Kier alpha value is 0.120. The summed E-state index contributed by atoms with van der Waals surface area (Å²) in [5, 5.41) is -4.54. The van der Waals surface area contributed by atoms with Gasteiger partial charge < -0.3 is 9.47 Å². The van der Waals surface area contributed by atoms with Gasteiger partial charge in [0.25, 0.3) is 0 Å². The van der Waals surface area contributed by atoms with Gasteiger partial charge in [-0.25, -0.2) is 0 Å². The van der Waals surface area contributed by atoms with Crippen LogP contribution in [0.4, 0.5) is 8.78 Å². The summed E-state index contributed by atoms with van der Waals surface area (Å²) in [5.41, 5.74) is 0. The van der Waals surface area contributed by atoms with E-state index in [1.54, 1.807) is 0 Å². The Bertz CT molecular complexity index is 1010. The first-order valence-corrected chi connectivity index (χ1v) is 14.8. The van der Waals surface area contributed by atoms with E-state index in [-0.39, 0.29) is 23.7 Å². The lowest BCUT2D eigenvalue weighted by Crippen LogP contribution is -2.39. The quantitative estimate of drug-likeness (QED) is 0.181. The third-order valence-electron chi connectivity index (χ3n) is 6.21. The standard InChI is InChI=1S/C20H21F2I3O7S/c21-20(22,33(28,29)30)9-31-18(26)12-3-1-11-6-13(4-2-10(11)5-12)19(27)32-17-15(24)7-14(23)8-16(17)25/h7-8,10-13H,1-6,9H2,(H,28,29,30). The lowest BCUT2D eigenvalue weighted by Gasteiger charge is -2.40. The van der Waals surface area contributed by atoms with Crippen LogP contribution in [0.25, 0.3) is 0 Å². The first-order chi connectivity index (χ1) is 15.3. The minimum absolute atomic E-state index is 0.154. The predicted octanol–water partition coefficient (Wildman–Crippen LogP) is 5.26. The fourth-order valence-electron chi connectivity index (χ4n) is 4.48. The lowest BCUT2D eigenvalue weighted by atomic mass is 9.65. The van der Waals surface area contributed by atoms with Crippen LogP contribution < -0.4 is 4.74 Å². The van der Waals surface area contributed by atoms with Crippen molar-refractivity contribution in [2.45, 2.75) is 43.8 Å². The van der Waals surface area contributed by atoms with Crippen molar-refractivity contribution in [2.24, 2.45) is 23.7 Å². The zero-order valence-electron chi connectivity index (χ0n) is 17.1. The van der Waals surface area contributed by atoms with E-state index in [9.17, 15) is 26.8 Å². The fourth-order valence-corrected chi connectivity index (χ4v) is 8.49. The number of hydrogen-bond acceptors (Lipinski definition) is 6. The first kappa shape index (κ1) is 27.7. The second-order valence-electron chi connectivity index (χ2n) is 8.38. The number of carbonyl (C=O) groups is 2. The molecule has 0 heterocycles. The van der Waals surface area contributed by atoms with E-state index in [4.69, 9.17) is 9.29 Å². The minimum Gasteiger partial charge on any atom is -0.458 e. The number of benzene rings is 1. The van der Waals surface area contributed by atoms with Crippen molar-refractivity contribution in [2.75, 3.05) is 6.61 Å². The van der Waals surface area contributed by atoms with Crippen LogP contribution in [-0.2, 0) is 24.4 Å². The summed E-state index contributed by atoms with van der Waals surface area (Å²) in [6.45, 7) is -1.71. The molecule has 0 amide bonds. The largest absolute Gasteiger partial charge is 0.458 e. The Balaban J connectivity index is 1.53. The van der Waals surface area contributed by atoms with Gasteiger partial charge in [-0.15, -0.1) is 0 Å². The molecule has 33 heavy (non-hydrogen) atoms. The van der Waals surface area contributed by atoms with Gasteiger partial charge in [0.1, 0.15) is 0 Å². The van der Waals surface area contributed by atoms with E-state index in [1.165, 1.54) is 0 Å². The Morgan fingerprint density at radius 3 is 1.94 bits per heavy atom. The van der Waals surface area contributed by atoms with Crippen molar-refractivity contribution >= 4 is 89.8 Å². The van der Waals surface area contributed by atoms with E-state index in [0.717, 1.165) is 10.7 Å². The van der Waals surface area contributed by atoms with Crippen LogP contribution in [0.5, 0.6) is 5.75 Å². The molecule has 2 aliphatic rings. The second kappa shape index (κ2) is 11.0. The number of rotatable bonds is 6. The monoisotopic (exact) mass is 824 g/mol. The molecule has 0 bridgehead atoms. The van der Waals surface area contributed by atoms with Crippen molar-refractivity contribution in [3.8, 4) is 5.75 Å². The molecule has 1 N–H and O–H groups in total. The SMILES string of the molecule is O=C(OCC(F)(F)S(=O)(=O)O)C1CCC2CC(C(=O)Oc3c(I)cc(I)cc3I)CCC2C1. The summed E-state index contributed by atoms with van der Waals surface area (Å²) in [7, 11) is -5.65. The fraction of sp³-hybridized carbons (Fsp3) is 0.600. The molecule has 3 rings (SSSR count). The van der Waals surface area contributed by atoms with Gasteiger partial charge in [-0.3, -0.25) is 14.1 Å². The summed E-state index contributed by atoms with van der Waals surface area (Å²) in [6, 6.07) is 3.88. The number of hydrogen-bond donors (Lipinski definition) is 1. The van der Waals surface area contributed by atoms with Crippen LogP contribution in [0.3, 0.4) is 0 Å². The van der Waals surface area contributed by atoms with Gasteiger partial charge in [0.2, 0.25) is 0 Å². The van der Waals surface area contributed by atoms with Crippen LogP contribution in [0.2, 0.25) is 0 Å². The summed E-state index contributed by atoms with van der Waals surface area (Å²) in [5.74, 6) is -1.07. The number of esters is 2. The number of ether oxygens (including phenoxy) is 2. The molecule has 0 aromatic heterocycles. The molecule has 0 radical (unpaired) electrons. The van der Waals surface area contributed by atoms with Gasteiger partial charge in [-0.1, -0.05) is 0 Å². The molecule has 4 atom stereocenters. The Morgan fingerprint density at radius 1 is 0.970 bits per heavy atom. The Labute approximate surface area is 231 Å². The first-order valence-electron chi connectivity index (χ1n) is 10.2. The summed E-state index contributed by atoms with van der Waals surface area (Å²) < 4.78 is 69.5. The van der Waals surface area contributed by atoms with Crippen molar-refractivity contribution < 1.29 is 40.8 Å². The molecule has 13 heteroatoms. The zero-order chi connectivity index (χ0) is 24.6. The van der Waals surface area contributed by atoms with Crippen LogP contribution in [-0.4, -0.2) is 36.8 Å². The Kier molecular flexibility index (Phi) is 9.25. The van der Waals surface area contributed by atoms with Crippen LogP contribution >= 0.6 is 67.8 Å². The molecule has 0 spiro atoms. The number of halogens is 5. The number of alkyl halides is 2. The smallest absolute Gasteiger partial charge is 0.402 e. The Morgan fingerprint density at radius 2 is 1.45 bits per heavy atom. The van der Waals surface area contributed by atoms with Gasteiger partial charge >= 0.3 is 27.3 Å². The van der Waals surface area contributed by atoms with Crippen molar-refractivity contribution in [3.05, 3.63) is 22.8 Å². The highest BCUT2D eigenvalue weighted by Gasteiger charge is 2.47. The summed E-state index contributed by atoms with van der Waals surface area (Å²) >= 11 is 6.50. The molecular formula is C20H21F2I3O7S. The zero-order valence-corrected chi connectivity index (χ0v) is 24.4. The van der Waals surface area contributed by atoms with E-state index < -0.39 is 33.9 Å². The van der Waals surface area contributed by atoms with Gasteiger partial charge in [0.05, 0.1) is 19.0 Å². The minimum atomic E-state index is -5.65. The van der Waals surface area contributed by atoms with E-state index in [2.05, 4.69) is 72.5 Å². The normalized spacial score (nSPS) is 25.8. The maximum absolute atomic E-state index is 13.3. The van der Waals surface area contributed by atoms with Gasteiger partial charge in [0.15, 0.2) is 12.4 Å². The maximum Gasteiger partial charge on any atom is 0.402 e. The van der Waals surface area contributed by atoms with Gasteiger partial charge in [-0.05, 0) is 130 Å². The third-order valence-corrected chi connectivity index (χ3v) is 9.30. The van der Waals surface area contributed by atoms with Crippen LogP contribution in [0.15, 0.2) is 12.1 Å². The van der Waals surface area contributed by atoms with Crippen molar-refractivity contribution in [3.63, 3.8) is 0 Å². The lowest BCUT2D eigenvalue weighted by molar-refractivity contribution is -0.157. The van der Waals surface area contributed by atoms with Crippen LogP contribution in [0.1, 0.15) is 38.5 Å². The summed E-state index contributed by atoms with van der Waals surface area (Å²) in [6.07, 6.45) is 3.45. The molecule has 0 aliphatic heterocycles. The molecule has 7 nitrogen and oxygen atoms in total. The van der Waals surface area contributed by atoms with Crippen molar-refractivity contribution in [1.82, 2.24) is 0 Å². The van der Waals surface area contributed by atoms with Gasteiger partial charge in [0, 0.05) is 3.57 Å². The maximum atomic E-state index is 13.3. The average molecular weight is 824 g/mol. The average Bonchev–Trinajstić information content (AvgIpc) is 2.72. The molecule has 0 saturated heterocycles. The second-order valence-corrected chi connectivity index (χ2v) is 13.5. The van der Waals surface area contributed by atoms with E-state index in [0.29, 0.717) is 44.3 Å². The van der Waals surface area contributed by atoms with Crippen molar-refractivity contribution in [1.29, 1.82) is 0 Å². The molecular weight excluding hydrogens is 803 g/mol. The highest BCUT2D eigenvalue weighted by molar-refractivity contribution is 14.1. The molecule has 184 valence electrons. The van der Waals surface area contributed by atoms with E-state index in [1.807, 2.05) is 12.1 Å². The predicted molar refractivity (Wildman–Crippen MR) is 139 cm³/mol. The molecule has 1 aromatic carbocycles. The molecule has 2 fully saturated rings. The number of carbonyl (C=O) groups excluding carboxylic acids is 2. The summed E-state index contributed by atoms with van der Waals surface area (Å²) in [4.78, 5) is 25.0.